The minimum absolute atomic E-state index is 0.715. The molecule has 0 radical (unpaired) electrons. The van der Waals surface area contributed by atoms with Crippen LogP contribution in [0.2, 0.25) is 0 Å². The van der Waals surface area contributed by atoms with Crippen LogP contribution in [0.3, 0.4) is 0 Å². The molecule has 0 atom stereocenters. The molecular weight excluding hydrogens is 342 g/mol. The summed E-state index contributed by atoms with van der Waals surface area (Å²) < 4.78 is 1.87. The van der Waals surface area contributed by atoms with E-state index >= 15 is 0 Å². The Morgan fingerprint density at radius 1 is 1.15 bits per heavy atom. The lowest BCUT2D eigenvalue weighted by atomic mass is 10.1. The maximum Gasteiger partial charge on any atom is 0.191 e. The monoisotopic (exact) mass is 367 g/mol. The molecule has 0 saturated heterocycles. The predicted octanol–water partition coefficient (Wildman–Crippen LogP) is 3.54. The van der Waals surface area contributed by atoms with Gasteiger partial charge in [-0.3, -0.25) is 0 Å². The third-order valence-electron chi connectivity index (χ3n) is 3.94. The molecule has 0 bridgehead atoms. The molecular formula is C20H25N5S. The molecule has 0 aliphatic heterocycles. The van der Waals surface area contributed by atoms with Gasteiger partial charge in [-0.05, 0) is 56.2 Å². The van der Waals surface area contributed by atoms with Crippen molar-refractivity contribution in [2.75, 3.05) is 13.1 Å². The molecule has 6 heteroatoms. The molecule has 0 spiro atoms. The van der Waals surface area contributed by atoms with E-state index in [4.69, 9.17) is 0 Å². The lowest BCUT2D eigenvalue weighted by Crippen LogP contribution is -2.38. The lowest BCUT2D eigenvalue weighted by molar-refractivity contribution is 0.800. The molecule has 0 amide bonds. The summed E-state index contributed by atoms with van der Waals surface area (Å²) >= 11 is 1.80. The molecule has 0 aliphatic rings. The molecule has 2 aromatic heterocycles. The van der Waals surface area contributed by atoms with Gasteiger partial charge in [-0.15, -0.1) is 11.3 Å². The molecule has 3 aromatic rings. The van der Waals surface area contributed by atoms with Gasteiger partial charge in [0.05, 0.1) is 12.2 Å². The molecule has 2 heterocycles. The van der Waals surface area contributed by atoms with E-state index in [0.29, 0.717) is 6.54 Å². The van der Waals surface area contributed by atoms with E-state index in [1.54, 1.807) is 17.5 Å². The number of nitrogens with zero attached hydrogens (tertiary/aromatic N) is 3. The van der Waals surface area contributed by atoms with Gasteiger partial charge in [0.1, 0.15) is 0 Å². The van der Waals surface area contributed by atoms with Crippen LogP contribution in [0, 0.1) is 6.92 Å². The number of thiophene rings is 1. The number of benzene rings is 1. The summed E-state index contributed by atoms with van der Waals surface area (Å²) in [7, 11) is 0. The second-order valence-electron chi connectivity index (χ2n) is 6.00. The lowest BCUT2D eigenvalue weighted by Gasteiger charge is -2.11. The zero-order valence-electron chi connectivity index (χ0n) is 15.3. The van der Waals surface area contributed by atoms with Crippen LogP contribution in [-0.2, 0) is 13.0 Å². The SMILES string of the molecule is CCNC(=NCc1ccc(C)s1)NCCc1ccc(-n2cccn2)cc1. The Labute approximate surface area is 158 Å². The first-order valence-electron chi connectivity index (χ1n) is 8.91. The Morgan fingerprint density at radius 2 is 2.00 bits per heavy atom. The highest BCUT2D eigenvalue weighted by Gasteiger charge is 2.01. The normalized spacial score (nSPS) is 11.5. The molecule has 1 aromatic carbocycles. The van der Waals surface area contributed by atoms with Gasteiger partial charge in [0.15, 0.2) is 5.96 Å². The van der Waals surface area contributed by atoms with Gasteiger partial charge in [-0.25, -0.2) is 9.67 Å². The van der Waals surface area contributed by atoms with Crippen LogP contribution in [0.4, 0.5) is 0 Å². The fourth-order valence-corrected chi connectivity index (χ4v) is 3.45. The number of nitrogens with one attached hydrogen (secondary N) is 2. The Kier molecular flexibility index (Phi) is 6.44. The second kappa shape index (κ2) is 9.20. The van der Waals surface area contributed by atoms with Crippen LogP contribution in [0.15, 0.2) is 59.9 Å². The van der Waals surface area contributed by atoms with Crippen molar-refractivity contribution < 1.29 is 0 Å². The van der Waals surface area contributed by atoms with Crippen LogP contribution in [0.5, 0.6) is 0 Å². The van der Waals surface area contributed by atoms with E-state index in [1.807, 2.05) is 16.9 Å². The summed E-state index contributed by atoms with van der Waals surface area (Å²) in [6.07, 6.45) is 4.68. The first-order chi connectivity index (χ1) is 12.7. The van der Waals surface area contributed by atoms with E-state index in [1.165, 1.54) is 15.3 Å². The minimum atomic E-state index is 0.715. The van der Waals surface area contributed by atoms with Gasteiger partial charge in [0.2, 0.25) is 0 Å². The number of aliphatic imine (C=N–C) groups is 1. The first-order valence-corrected chi connectivity index (χ1v) is 9.72. The number of rotatable bonds is 7. The highest BCUT2D eigenvalue weighted by molar-refractivity contribution is 7.11. The molecule has 3 rings (SSSR count). The van der Waals surface area contributed by atoms with Crippen LogP contribution >= 0.6 is 11.3 Å². The van der Waals surface area contributed by atoms with Crippen LogP contribution in [-0.4, -0.2) is 28.8 Å². The van der Waals surface area contributed by atoms with Gasteiger partial charge in [0.25, 0.3) is 0 Å². The standard InChI is InChI=1S/C20H25N5S/c1-3-21-20(23-15-19-10-5-16(2)26-19)22-13-11-17-6-8-18(9-7-17)25-14-4-12-24-25/h4-10,12,14H,3,11,13,15H2,1-2H3,(H2,21,22,23). The minimum Gasteiger partial charge on any atom is -0.357 e. The van der Waals surface area contributed by atoms with Gasteiger partial charge in [0, 0.05) is 35.2 Å². The van der Waals surface area contributed by atoms with E-state index in [9.17, 15) is 0 Å². The molecule has 0 fully saturated rings. The smallest absolute Gasteiger partial charge is 0.191 e. The number of aromatic nitrogens is 2. The highest BCUT2D eigenvalue weighted by atomic mass is 32.1. The number of guanidine groups is 1. The average molecular weight is 368 g/mol. The summed E-state index contributed by atoms with van der Waals surface area (Å²) in [5.41, 5.74) is 2.37. The largest absolute Gasteiger partial charge is 0.357 e. The first kappa shape index (κ1) is 18.2. The maximum absolute atomic E-state index is 4.67. The van der Waals surface area contributed by atoms with E-state index in [2.05, 4.69) is 71.0 Å². The van der Waals surface area contributed by atoms with E-state index < -0.39 is 0 Å². The summed E-state index contributed by atoms with van der Waals surface area (Å²) in [4.78, 5) is 7.28. The van der Waals surface area contributed by atoms with Crippen molar-refractivity contribution in [2.24, 2.45) is 4.99 Å². The van der Waals surface area contributed by atoms with Crippen LogP contribution < -0.4 is 10.6 Å². The van der Waals surface area contributed by atoms with Crippen molar-refractivity contribution in [1.29, 1.82) is 0 Å². The fraction of sp³-hybridized carbons (Fsp3) is 0.300. The predicted molar refractivity (Wildman–Crippen MR) is 109 cm³/mol. The number of hydrogen-bond acceptors (Lipinski definition) is 3. The number of hydrogen-bond donors (Lipinski definition) is 2. The quantitative estimate of drug-likeness (QED) is 0.496. The second-order valence-corrected chi connectivity index (χ2v) is 7.37. The molecule has 0 unspecified atom stereocenters. The zero-order valence-corrected chi connectivity index (χ0v) is 16.1. The summed E-state index contributed by atoms with van der Waals surface area (Å²) in [6.45, 7) is 6.62. The van der Waals surface area contributed by atoms with Gasteiger partial charge < -0.3 is 10.6 Å². The maximum atomic E-state index is 4.67. The van der Waals surface area contributed by atoms with Crippen LogP contribution in [0.1, 0.15) is 22.2 Å². The molecule has 0 aliphatic carbocycles. The van der Waals surface area contributed by atoms with E-state index in [0.717, 1.165) is 31.2 Å². The van der Waals surface area contributed by atoms with Gasteiger partial charge in [-0.1, -0.05) is 12.1 Å². The van der Waals surface area contributed by atoms with E-state index in [-0.39, 0.29) is 0 Å². The van der Waals surface area contributed by atoms with Crippen molar-refractivity contribution >= 4 is 17.3 Å². The zero-order chi connectivity index (χ0) is 18.2. The summed E-state index contributed by atoms with van der Waals surface area (Å²) in [5.74, 6) is 0.867. The topological polar surface area (TPSA) is 54.2 Å². The van der Waals surface area contributed by atoms with Gasteiger partial charge >= 0.3 is 0 Å². The van der Waals surface area contributed by atoms with Crippen LogP contribution in [0.25, 0.3) is 5.69 Å². The van der Waals surface area contributed by atoms with Crippen molar-refractivity contribution in [3.05, 3.63) is 70.2 Å². The summed E-state index contributed by atoms with van der Waals surface area (Å²) in [6, 6.07) is 14.7. The fourth-order valence-electron chi connectivity index (χ4n) is 2.63. The van der Waals surface area contributed by atoms with Crippen molar-refractivity contribution in [3.8, 4) is 5.69 Å². The molecule has 26 heavy (non-hydrogen) atoms. The third-order valence-corrected chi connectivity index (χ3v) is 4.93. The Morgan fingerprint density at radius 3 is 2.65 bits per heavy atom. The third kappa shape index (κ3) is 5.20. The van der Waals surface area contributed by atoms with Crippen molar-refractivity contribution in [1.82, 2.24) is 20.4 Å². The van der Waals surface area contributed by atoms with Gasteiger partial charge in [-0.2, -0.15) is 5.10 Å². The Hall–Kier alpha value is -2.60. The molecule has 136 valence electrons. The van der Waals surface area contributed by atoms with Crippen molar-refractivity contribution in [2.45, 2.75) is 26.8 Å². The van der Waals surface area contributed by atoms with Crippen molar-refractivity contribution in [3.63, 3.8) is 0 Å². The highest BCUT2D eigenvalue weighted by Crippen LogP contribution is 2.15. The molecule has 5 nitrogen and oxygen atoms in total. The molecule has 0 saturated carbocycles. The Balaban J connectivity index is 1.51. The Bertz CT molecular complexity index is 818. The average Bonchev–Trinajstić information content (AvgIpc) is 3.32. The summed E-state index contributed by atoms with van der Waals surface area (Å²) in [5, 5.41) is 11.0. The molecule has 2 N–H and O–H groups in total. The number of aryl methyl sites for hydroxylation is 1.